The van der Waals surface area contributed by atoms with Gasteiger partial charge in [-0.25, -0.2) is 9.18 Å². The van der Waals surface area contributed by atoms with E-state index in [9.17, 15) is 4.79 Å². The van der Waals surface area contributed by atoms with Crippen LogP contribution in [-0.4, -0.2) is 12.1 Å². The van der Waals surface area contributed by atoms with Crippen LogP contribution in [0.5, 0.6) is 0 Å². The molecule has 3 heteroatoms. The van der Waals surface area contributed by atoms with E-state index >= 15 is 4.39 Å². The normalized spacial score (nSPS) is 24.5. The highest BCUT2D eigenvalue weighted by Gasteiger charge is 2.32. The molecule has 148 valence electrons. The Labute approximate surface area is 167 Å². The molecule has 0 spiro atoms. The molecule has 1 unspecified atom stereocenters. The van der Waals surface area contributed by atoms with Crippen LogP contribution in [-0.2, 0) is 17.6 Å². The zero-order valence-corrected chi connectivity index (χ0v) is 16.8. The predicted octanol–water partition coefficient (Wildman–Crippen LogP) is 6.32. The Morgan fingerprint density at radius 3 is 2.36 bits per heavy atom. The second-order valence-electron chi connectivity index (χ2n) is 8.46. The van der Waals surface area contributed by atoms with Crippen LogP contribution in [0.2, 0.25) is 0 Å². The third-order valence-electron chi connectivity index (χ3n) is 6.43. The molecule has 1 atom stereocenters. The highest BCUT2D eigenvalue weighted by Crippen LogP contribution is 2.42. The van der Waals surface area contributed by atoms with Gasteiger partial charge in [-0.2, -0.15) is 0 Å². The number of cyclic esters (lactones) is 1. The Morgan fingerprint density at radius 2 is 1.68 bits per heavy atom. The zero-order valence-electron chi connectivity index (χ0n) is 16.8. The summed E-state index contributed by atoms with van der Waals surface area (Å²) in [7, 11) is 0. The summed E-state index contributed by atoms with van der Waals surface area (Å²) in [6.45, 7) is 4.05. The van der Waals surface area contributed by atoms with Gasteiger partial charge in [-0.3, -0.25) is 0 Å². The minimum atomic E-state index is -0.506. The molecule has 1 aliphatic carbocycles. The molecule has 0 bridgehead atoms. The van der Waals surface area contributed by atoms with E-state index < -0.39 is 5.97 Å². The number of carbonyl (C=O) groups is 1. The Kier molecular flexibility index (Phi) is 5.52. The molecule has 2 aliphatic rings. The maximum atomic E-state index is 15.2. The molecule has 0 N–H and O–H groups in total. The van der Waals surface area contributed by atoms with Crippen molar-refractivity contribution in [2.24, 2.45) is 0 Å². The minimum Gasteiger partial charge on any atom is -0.459 e. The molecule has 1 heterocycles. The summed E-state index contributed by atoms with van der Waals surface area (Å²) in [5.74, 6) is -0.109. The van der Waals surface area contributed by atoms with Gasteiger partial charge in [0.25, 0.3) is 0 Å². The molecule has 2 aromatic carbocycles. The van der Waals surface area contributed by atoms with E-state index in [4.69, 9.17) is 4.74 Å². The third kappa shape index (κ3) is 3.72. The van der Waals surface area contributed by atoms with Crippen LogP contribution in [0.1, 0.15) is 90.4 Å². The third-order valence-corrected chi connectivity index (χ3v) is 6.43. The summed E-state index contributed by atoms with van der Waals surface area (Å²) in [5, 5.41) is 0. The Hall–Kier alpha value is -2.16. The average molecular weight is 381 g/mol. The summed E-state index contributed by atoms with van der Waals surface area (Å²) in [6, 6.07) is 12.9. The van der Waals surface area contributed by atoms with Crippen molar-refractivity contribution in [3.8, 4) is 0 Å². The van der Waals surface area contributed by atoms with Gasteiger partial charge in [0, 0.05) is 6.42 Å². The molecule has 0 radical (unpaired) electrons. The molecular weight excluding hydrogens is 351 g/mol. The summed E-state index contributed by atoms with van der Waals surface area (Å²) < 4.78 is 20.4. The number of halogens is 1. The fourth-order valence-electron chi connectivity index (χ4n) is 4.91. The number of carbonyl (C=O) groups excluding carboxylic acids is 1. The second-order valence-corrected chi connectivity index (χ2v) is 8.46. The van der Waals surface area contributed by atoms with E-state index in [1.165, 1.54) is 17.5 Å². The SMILES string of the molecule is CCCc1ccc(C2CCC(c3ccc4c(c3F)C(=O)OC(C)C4)CC2)cc1. The summed E-state index contributed by atoms with van der Waals surface area (Å²) >= 11 is 0. The minimum absolute atomic E-state index is 0.171. The lowest BCUT2D eigenvalue weighted by atomic mass is 9.75. The van der Waals surface area contributed by atoms with E-state index in [0.717, 1.165) is 37.7 Å². The van der Waals surface area contributed by atoms with Gasteiger partial charge >= 0.3 is 5.97 Å². The first-order valence-corrected chi connectivity index (χ1v) is 10.7. The van der Waals surface area contributed by atoms with E-state index in [1.807, 2.05) is 19.1 Å². The van der Waals surface area contributed by atoms with Gasteiger partial charge in [-0.15, -0.1) is 0 Å². The van der Waals surface area contributed by atoms with Crippen LogP contribution >= 0.6 is 0 Å². The van der Waals surface area contributed by atoms with Crippen molar-refractivity contribution >= 4 is 5.97 Å². The van der Waals surface area contributed by atoms with Crippen molar-refractivity contribution in [1.82, 2.24) is 0 Å². The van der Waals surface area contributed by atoms with Crippen molar-refractivity contribution in [3.63, 3.8) is 0 Å². The predicted molar refractivity (Wildman–Crippen MR) is 109 cm³/mol. The molecule has 2 aromatic rings. The number of benzene rings is 2. The second kappa shape index (κ2) is 8.06. The molecule has 0 amide bonds. The van der Waals surface area contributed by atoms with Gasteiger partial charge in [0.2, 0.25) is 0 Å². The number of aryl methyl sites for hydroxylation is 1. The maximum Gasteiger partial charge on any atom is 0.341 e. The quantitative estimate of drug-likeness (QED) is 0.580. The van der Waals surface area contributed by atoms with Crippen LogP contribution in [0, 0.1) is 5.82 Å². The van der Waals surface area contributed by atoms with Crippen molar-refractivity contribution in [2.45, 2.75) is 76.7 Å². The van der Waals surface area contributed by atoms with Crippen LogP contribution in [0.3, 0.4) is 0 Å². The summed E-state index contributed by atoms with van der Waals surface area (Å²) in [5.41, 5.74) is 4.45. The highest BCUT2D eigenvalue weighted by molar-refractivity contribution is 5.92. The van der Waals surface area contributed by atoms with Crippen molar-refractivity contribution < 1.29 is 13.9 Å². The standard InChI is InChI=1S/C25H29FO2/c1-3-4-17-5-7-18(8-6-17)19-9-11-20(12-10-19)22-14-13-21-15-16(2)28-25(27)23(21)24(22)26/h5-8,13-14,16,19-20H,3-4,9-12,15H2,1-2H3. The van der Waals surface area contributed by atoms with Gasteiger partial charge in [-0.1, -0.05) is 49.7 Å². The Bertz CT molecular complexity index is 848. The molecule has 1 fully saturated rings. The summed E-state index contributed by atoms with van der Waals surface area (Å²) in [6.07, 6.45) is 6.77. The van der Waals surface area contributed by atoms with Gasteiger partial charge < -0.3 is 4.74 Å². The Morgan fingerprint density at radius 1 is 1.00 bits per heavy atom. The molecule has 2 nitrogen and oxygen atoms in total. The first-order chi connectivity index (χ1) is 13.6. The monoisotopic (exact) mass is 380 g/mol. The lowest BCUT2D eigenvalue weighted by Gasteiger charge is -2.30. The first-order valence-electron chi connectivity index (χ1n) is 10.7. The number of hydrogen-bond acceptors (Lipinski definition) is 2. The fourth-order valence-corrected chi connectivity index (χ4v) is 4.91. The van der Waals surface area contributed by atoms with Crippen molar-refractivity contribution in [3.05, 3.63) is 70.0 Å². The van der Waals surface area contributed by atoms with E-state index in [1.54, 1.807) is 0 Å². The van der Waals surface area contributed by atoms with Gasteiger partial charge in [0.05, 0.1) is 5.56 Å². The topological polar surface area (TPSA) is 26.3 Å². The number of ether oxygens (including phenoxy) is 1. The van der Waals surface area contributed by atoms with E-state index in [0.29, 0.717) is 17.9 Å². The highest BCUT2D eigenvalue weighted by atomic mass is 19.1. The molecule has 28 heavy (non-hydrogen) atoms. The number of fused-ring (bicyclic) bond motifs is 1. The Balaban J connectivity index is 1.47. The average Bonchev–Trinajstić information content (AvgIpc) is 2.69. The van der Waals surface area contributed by atoms with Crippen LogP contribution in [0.15, 0.2) is 36.4 Å². The molecule has 1 saturated carbocycles. The molecule has 4 rings (SSSR count). The maximum absolute atomic E-state index is 15.2. The van der Waals surface area contributed by atoms with Crippen molar-refractivity contribution in [1.29, 1.82) is 0 Å². The lowest BCUT2D eigenvalue weighted by Crippen LogP contribution is -2.27. The number of rotatable bonds is 4. The van der Waals surface area contributed by atoms with Crippen LogP contribution < -0.4 is 0 Å². The largest absolute Gasteiger partial charge is 0.459 e. The first kappa shape index (κ1) is 19.2. The molecule has 1 aliphatic heterocycles. The smallest absolute Gasteiger partial charge is 0.341 e. The molecular formula is C25H29FO2. The summed E-state index contributed by atoms with van der Waals surface area (Å²) in [4.78, 5) is 12.2. The number of esters is 1. The number of hydrogen-bond donors (Lipinski definition) is 0. The molecule has 0 aromatic heterocycles. The van der Waals surface area contributed by atoms with E-state index in [2.05, 4.69) is 31.2 Å². The van der Waals surface area contributed by atoms with Gasteiger partial charge in [0.15, 0.2) is 0 Å². The van der Waals surface area contributed by atoms with Crippen LogP contribution in [0.4, 0.5) is 4.39 Å². The fraction of sp³-hybridized carbons (Fsp3) is 0.480. The zero-order chi connectivity index (χ0) is 19.7. The van der Waals surface area contributed by atoms with Crippen molar-refractivity contribution in [2.75, 3.05) is 0 Å². The van der Waals surface area contributed by atoms with Gasteiger partial charge in [-0.05, 0) is 73.1 Å². The molecule has 0 saturated heterocycles. The lowest BCUT2D eigenvalue weighted by molar-refractivity contribution is 0.0293. The van der Waals surface area contributed by atoms with E-state index in [-0.39, 0.29) is 23.4 Å². The van der Waals surface area contributed by atoms with Gasteiger partial charge in [0.1, 0.15) is 11.9 Å². The van der Waals surface area contributed by atoms with Crippen LogP contribution in [0.25, 0.3) is 0 Å².